The second-order valence-electron chi connectivity index (χ2n) is 7.75. The summed E-state index contributed by atoms with van der Waals surface area (Å²) in [6.07, 6.45) is 0. The van der Waals surface area contributed by atoms with Crippen molar-refractivity contribution in [2.45, 2.75) is 23.9 Å². The Balaban J connectivity index is 1.77. The summed E-state index contributed by atoms with van der Waals surface area (Å²) in [5.41, 5.74) is 18.7. The first-order chi connectivity index (χ1) is 14.8. The van der Waals surface area contributed by atoms with Gasteiger partial charge in [0, 0.05) is 23.9 Å². The van der Waals surface area contributed by atoms with E-state index in [1.54, 1.807) is 0 Å². The molecule has 30 heavy (non-hydrogen) atoms. The average Bonchev–Trinajstić information content (AvgIpc) is 2.82. The topological polar surface area (TPSA) is 52.0 Å². The maximum atomic E-state index is 6.98. The number of rotatable bonds is 7. The van der Waals surface area contributed by atoms with Crippen LogP contribution in [0.5, 0.6) is 0 Å². The Kier molecular flexibility index (Phi) is 6.38. The van der Waals surface area contributed by atoms with Crippen LogP contribution in [0.4, 0.5) is 0 Å². The molecule has 4 aromatic rings. The fourth-order valence-corrected chi connectivity index (χ4v) is 4.36. The van der Waals surface area contributed by atoms with Gasteiger partial charge in [-0.1, -0.05) is 121 Å². The van der Waals surface area contributed by atoms with Crippen LogP contribution in [0.25, 0.3) is 0 Å². The second-order valence-corrected chi connectivity index (χ2v) is 7.75. The molecule has 4 rings (SSSR count). The monoisotopic (exact) mass is 392 g/mol. The Bertz CT molecular complexity index is 851. The minimum absolute atomic E-state index is 0.0114. The van der Waals surface area contributed by atoms with E-state index in [0.717, 1.165) is 0 Å². The highest BCUT2D eigenvalue weighted by atomic mass is 14.8. The van der Waals surface area contributed by atoms with Gasteiger partial charge in [-0.25, -0.2) is 0 Å². The molecule has 0 heterocycles. The first kappa shape index (κ1) is 20.1. The summed E-state index contributed by atoms with van der Waals surface area (Å²) >= 11 is 0. The molecule has 0 aromatic heterocycles. The predicted octanol–water partition coefficient (Wildman–Crippen LogP) is 5.31. The lowest BCUT2D eigenvalue weighted by atomic mass is 9.75. The number of hydrogen-bond acceptors (Lipinski definition) is 2. The number of benzene rings is 4. The normalized spacial score (nSPS) is 13.3. The summed E-state index contributed by atoms with van der Waals surface area (Å²) < 4.78 is 0. The minimum Gasteiger partial charge on any atom is -0.326 e. The molecule has 0 saturated carbocycles. The molecule has 0 spiro atoms. The first-order valence-corrected chi connectivity index (χ1v) is 10.5. The third-order valence-corrected chi connectivity index (χ3v) is 5.85. The van der Waals surface area contributed by atoms with Crippen LogP contribution in [0.1, 0.15) is 34.1 Å². The fourth-order valence-electron chi connectivity index (χ4n) is 4.36. The van der Waals surface area contributed by atoms with Gasteiger partial charge in [0.2, 0.25) is 0 Å². The van der Waals surface area contributed by atoms with Crippen LogP contribution in [0.15, 0.2) is 121 Å². The van der Waals surface area contributed by atoms with Gasteiger partial charge in [0.05, 0.1) is 0 Å². The van der Waals surface area contributed by atoms with Crippen LogP contribution in [0.3, 0.4) is 0 Å². The predicted molar refractivity (Wildman–Crippen MR) is 125 cm³/mol. The molecule has 2 atom stereocenters. The van der Waals surface area contributed by atoms with Crippen molar-refractivity contribution in [3.05, 3.63) is 144 Å². The van der Waals surface area contributed by atoms with E-state index in [2.05, 4.69) is 97.1 Å². The zero-order valence-electron chi connectivity index (χ0n) is 17.0. The van der Waals surface area contributed by atoms with Crippen LogP contribution >= 0.6 is 0 Å². The van der Waals surface area contributed by atoms with E-state index in [-0.39, 0.29) is 23.9 Å². The first-order valence-electron chi connectivity index (χ1n) is 10.5. The van der Waals surface area contributed by atoms with E-state index < -0.39 is 0 Å². The highest BCUT2D eigenvalue weighted by Crippen LogP contribution is 2.35. The molecule has 4 aromatic carbocycles. The molecule has 150 valence electrons. The van der Waals surface area contributed by atoms with Crippen molar-refractivity contribution in [1.29, 1.82) is 0 Å². The Hall–Kier alpha value is -3.20. The van der Waals surface area contributed by atoms with Crippen molar-refractivity contribution in [2.24, 2.45) is 11.5 Å². The highest BCUT2D eigenvalue weighted by Gasteiger charge is 2.33. The molecule has 0 amide bonds. The Morgan fingerprint density at radius 3 is 0.733 bits per heavy atom. The smallest absolute Gasteiger partial charge is 0.0312 e. The molecule has 2 heteroatoms. The van der Waals surface area contributed by atoms with Gasteiger partial charge < -0.3 is 11.5 Å². The molecule has 4 N–H and O–H groups in total. The number of hydrogen-bond donors (Lipinski definition) is 2. The molecule has 0 fully saturated rings. The summed E-state index contributed by atoms with van der Waals surface area (Å²) in [4.78, 5) is 0. The van der Waals surface area contributed by atoms with Gasteiger partial charge in [-0.2, -0.15) is 0 Å². The van der Waals surface area contributed by atoms with Crippen molar-refractivity contribution >= 4 is 0 Å². The maximum absolute atomic E-state index is 6.98. The summed E-state index contributed by atoms with van der Waals surface area (Å²) in [5, 5.41) is 0. The second kappa shape index (κ2) is 9.53. The Morgan fingerprint density at radius 1 is 0.333 bits per heavy atom. The van der Waals surface area contributed by atoms with E-state index in [4.69, 9.17) is 11.5 Å². The van der Waals surface area contributed by atoms with Gasteiger partial charge in [-0.05, 0) is 22.3 Å². The molecule has 0 radical (unpaired) electrons. The zero-order chi connectivity index (χ0) is 20.8. The molecule has 0 aliphatic rings. The summed E-state index contributed by atoms with van der Waals surface area (Å²) in [6, 6.07) is 41.3. The molecule has 0 aliphatic heterocycles. The van der Waals surface area contributed by atoms with Crippen LogP contribution < -0.4 is 11.5 Å². The standard InChI is InChI=1S/C28H28N2/c29-27(25(21-13-5-1-6-14-21)22-15-7-2-8-16-22)28(30)26(23-17-9-3-10-18-23)24-19-11-4-12-20-24/h1-20,25-28H,29-30H2. The van der Waals surface area contributed by atoms with E-state index >= 15 is 0 Å². The van der Waals surface area contributed by atoms with E-state index in [9.17, 15) is 0 Å². The molecule has 0 saturated heterocycles. The summed E-state index contributed by atoms with van der Waals surface area (Å²) in [6.45, 7) is 0. The lowest BCUT2D eigenvalue weighted by Gasteiger charge is -2.35. The van der Waals surface area contributed by atoms with Crippen molar-refractivity contribution in [2.75, 3.05) is 0 Å². The van der Waals surface area contributed by atoms with E-state index in [0.29, 0.717) is 0 Å². The Labute approximate surface area is 179 Å². The van der Waals surface area contributed by atoms with Gasteiger partial charge in [0.25, 0.3) is 0 Å². The van der Waals surface area contributed by atoms with Crippen molar-refractivity contribution in [1.82, 2.24) is 0 Å². The van der Waals surface area contributed by atoms with Crippen LogP contribution in [0, 0.1) is 0 Å². The quantitative estimate of drug-likeness (QED) is 0.448. The molecular weight excluding hydrogens is 364 g/mol. The average molecular weight is 393 g/mol. The van der Waals surface area contributed by atoms with Crippen molar-refractivity contribution in [3.63, 3.8) is 0 Å². The van der Waals surface area contributed by atoms with Gasteiger partial charge >= 0.3 is 0 Å². The summed E-state index contributed by atoms with van der Waals surface area (Å²) in [7, 11) is 0. The van der Waals surface area contributed by atoms with Crippen molar-refractivity contribution in [3.8, 4) is 0 Å². The molecule has 2 unspecified atom stereocenters. The van der Waals surface area contributed by atoms with E-state index in [1.807, 2.05) is 24.3 Å². The third kappa shape index (κ3) is 4.35. The van der Waals surface area contributed by atoms with E-state index in [1.165, 1.54) is 22.3 Å². The van der Waals surface area contributed by atoms with Crippen LogP contribution in [0.2, 0.25) is 0 Å². The zero-order valence-corrected chi connectivity index (χ0v) is 17.0. The highest BCUT2D eigenvalue weighted by molar-refractivity contribution is 5.39. The largest absolute Gasteiger partial charge is 0.326 e. The minimum atomic E-state index is -0.264. The number of nitrogens with two attached hydrogens (primary N) is 2. The molecule has 0 bridgehead atoms. The van der Waals surface area contributed by atoms with Gasteiger partial charge in [0.1, 0.15) is 0 Å². The maximum Gasteiger partial charge on any atom is 0.0312 e. The summed E-state index contributed by atoms with van der Waals surface area (Å²) in [5.74, 6) is 0.0228. The third-order valence-electron chi connectivity index (χ3n) is 5.85. The van der Waals surface area contributed by atoms with Crippen LogP contribution in [-0.2, 0) is 0 Å². The van der Waals surface area contributed by atoms with Crippen molar-refractivity contribution < 1.29 is 0 Å². The Morgan fingerprint density at radius 2 is 0.533 bits per heavy atom. The van der Waals surface area contributed by atoms with Gasteiger partial charge in [0.15, 0.2) is 0 Å². The van der Waals surface area contributed by atoms with Gasteiger partial charge in [-0.3, -0.25) is 0 Å². The lowest BCUT2D eigenvalue weighted by Crippen LogP contribution is -2.49. The fraction of sp³-hybridized carbons (Fsp3) is 0.143. The van der Waals surface area contributed by atoms with Crippen LogP contribution in [-0.4, -0.2) is 12.1 Å². The lowest BCUT2D eigenvalue weighted by molar-refractivity contribution is 0.445. The molecular formula is C28H28N2. The van der Waals surface area contributed by atoms with Gasteiger partial charge in [-0.15, -0.1) is 0 Å². The SMILES string of the molecule is NC(C(c1ccccc1)c1ccccc1)C(N)C(c1ccccc1)c1ccccc1. The molecule has 0 aliphatic carbocycles. The molecule has 2 nitrogen and oxygen atoms in total.